The Morgan fingerprint density at radius 1 is 1.15 bits per heavy atom. The molecule has 2 bridgehead atoms. The van der Waals surface area contributed by atoms with E-state index in [1.165, 1.54) is 35.4 Å². The van der Waals surface area contributed by atoms with Gasteiger partial charge in [0.1, 0.15) is 11.6 Å². The van der Waals surface area contributed by atoms with Gasteiger partial charge in [0.25, 0.3) is 5.91 Å². The molecule has 4 heterocycles. The fourth-order valence-corrected chi connectivity index (χ4v) is 4.83. The summed E-state index contributed by atoms with van der Waals surface area (Å²) < 4.78 is 52.4. The van der Waals surface area contributed by atoms with Crippen LogP contribution in [0.4, 0.5) is 23.4 Å². The van der Waals surface area contributed by atoms with Gasteiger partial charge in [-0.2, -0.15) is 28.2 Å². The molecule has 34 heavy (non-hydrogen) atoms. The molecule has 2 unspecified atom stereocenters. The van der Waals surface area contributed by atoms with Crippen LogP contribution in [0.15, 0.2) is 43.0 Å². The van der Waals surface area contributed by atoms with Crippen LogP contribution in [-0.4, -0.2) is 54.4 Å². The van der Waals surface area contributed by atoms with Gasteiger partial charge in [-0.3, -0.25) is 4.79 Å². The van der Waals surface area contributed by atoms with Crippen molar-refractivity contribution in [3.05, 3.63) is 60.1 Å². The summed E-state index contributed by atoms with van der Waals surface area (Å²) in [5, 5.41) is 11.2. The van der Waals surface area contributed by atoms with Crippen LogP contribution in [0.25, 0.3) is 5.69 Å². The molecule has 1 amide bonds. The minimum atomic E-state index is -4.57. The van der Waals surface area contributed by atoms with Crippen LogP contribution < -0.4 is 5.32 Å². The summed E-state index contributed by atoms with van der Waals surface area (Å²) in [5.41, 5.74) is -0.563. The lowest BCUT2D eigenvalue weighted by atomic mass is 9.64. The zero-order valence-electron chi connectivity index (χ0n) is 18.1. The molecule has 3 fully saturated rings. The number of piperidine rings is 2. The van der Waals surface area contributed by atoms with Gasteiger partial charge >= 0.3 is 6.18 Å². The zero-order valence-corrected chi connectivity index (χ0v) is 18.1. The first-order valence-corrected chi connectivity index (χ1v) is 10.8. The first-order valence-electron chi connectivity index (χ1n) is 10.8. The Morgan fingerprint density at radius 3 is 2.53 bits per heavy atom. The van der Waals surface area contributed by atoms with Crippen molar-refractivity contribution in [2.24, 2.45) is 11.8 Å². The smallest absolute Gasteiger partial charge is 0.367 e. The van der Waals surface area contributed by atoms with E-state index in [4.69, 9.17) is 0 Å². The van der Waals surface area contributed by atoms with Crippen molar-refractivity contribution in [2.75, 3.05) is 11.9 Å². The van der Waals surface area contributed by atoms with Gasteiger partial charge in [-0.05, 0) is 42.9 Å². The number of nitrogens with zero attached hydrogens (tertiary/aromatic N) is 6. The van der Waals surface area contributed by atoms with Crippen LogP contribution in [0.2, 0.25) is 0 Å². The maximum atomic E-state index is 14.2. The summed E-state index contributed by atoms with van der Waals surface area (Å²) in [5.74, 6) is -0.139. The SMILES string of the molecule is CC1C2CC(C2)N(C(=O)c2cc(F)ccc2-n2nccn2)C1CNc1cnc(C(F)(F)F)cn1. The number of amides is 1. The molecule has 1 aliphatic carbocycles. The molecule has 3 aliphatic rings. The van der Waals surface area contributed by atoms with Gasteiger partial charge in [-0.15, -0.1) is 0 Å². The Kier molecular flexibility index (Phi) is 5.45. The highest BCUT2D eigenvalue weighted by Gasteiger charge is 2.50. The highest BCUT2D eigenvalue weighted by atomic mass is 19.4. The Morgan fingerprint density at radius 2 is 1.88 bits per heavy atom. The molecule has 2 aromatic heterocycles. The molecule has 2 saturated heterocycles. The summed E-state index contributed by atoms with van der Waals surface area (Å²) in [6, 6.07) is 3.62. The van der Waals surface area contributed by atoms with E-state index < -0.39 is 17.7 Å². The predicted octanol–water partition coefficient (Wildman–Crippen LogP) is 3.57. The number of carbonyl (C=O) groups is 1. The summed E-state index contributed by atoms with van der Waals surface area (Å²) in [4.78, 5) is 24.0. The van der Waals surface area contributed by atoms with E-state index in [1.807, 2.05) is 6.92 Å². The van der Waals surface area contributed by atoms with Gasteiger partial charge in [-0.1, -0.05) is 6.92 Å². The fraction of sp³-hybridized carbons (Fsp3) is 0.409. The average molecular weight is 475 g/mol. The highest BCUT2D eigenvalue weighted by molar-refractivity contribution is 5.98. The molecule has 1 aromatic carbocycles. The molecule has 8 nitrogen and oxygen atoms in total. The lowest BCUT2D eigenvalue weighted by Gasteiger charge is -2.57. The van der Waals surface area contributed by atoms with E-state index in [-0.39, 0.29) is 41.8 Å². The van der Waals surface area contributed by atoms with Crippen LogP contribution in [0.5, 0.6) is 0 Å². The van der Waals surface area contributed by atoms with E-state index in [0.29, 0.717) is 17.8 Å². The Bertz CT molecular complexity index is 1180. The van der Waals surface area contributed by atoms with Crippen molar-refractivity contribution in [2.45, 2.75) is 38.0 Å². The third kappa shape index (κ3) is 3.97. The Balaban J connectivity index is 1.40. The maximum absolute atomic E-state index is 14.2. The van der Waals surface area contributed by atoms with Gasteiger partial charge in [0, 0.05) is 12.6 Å². The second-order valence-corrected chi connectivity index (χ2v) is 8.67. The van der Waals surface area contributed by atoms with Crippen LogP contribution in [0.1, 0.15) is 35.8 Å². The van der Waals surface area contributed by atoms with Gasteiger partial charge in [0.2, 0.25) is 0 Å². The first-order chi connectivity index (χ1) is 16.2. The number of fused-ring (bicyclic) bond motifs is 2. The Labute approximate surface area is 192 Å². The zero-order chi connectivity index (χ0) is 24.0. The molecule has 0 radical (unpaired) electrons. The number of hydrogen-bond donors (Lipinski definition) is 1. The minimum Gasteiger partial charge on any atom is -0.367 e. The standard InChI is InChI=1S/C22H21F4N7O/c1-12-13-6-15(7-13)32(18(12)9-28-20-11-27-19(10-29-20)22(24,25)26)21(34)16-8-14(23)2-3-17(16)33-30-4-5-31-33/h2-5,8,10-13,15,18H,6-7,9H2,1H3,(H,28,29). The number of halogens is 4. The van der Waals surface area contributed by atoms with Crippen LogP contribution in [0, 0.1) is 17.7 Å². The first kappa shape index (κ1) is 22.2. The number of hydrogen-bond acceptors (Lipinski definition) is 6. The molecule has 0 spiro atoms. The van der Waals surface area contributed by atoms with Gasteiger partial charge < -0.3 is 10.2 Å². The normalized spacial score (nSPS) is 24.0. The summed E-state index contributed by atoms with van der Waals surface area (Å²) in [6.07, 6.45) is 1.77. The quantitative estimate of drug-likeness (QED) is 0.568. The molecule has 6 rings (SSSR count). The number of alkyl halides is 3. The molecule has 3 aromatic rings. The van der Waals surface area contributed by atoms with E-state index in [1.54, 1.807) is 4.90 Å². The number of benzene rings is 1. The molecular weight excluding hydrogens is 454 g/mol. The molecule has 1 saturated carbocycles. The monoisotopic (exact) mass is 475 g/mol. The number of rotatable bonds is 5. The van der Waals surface area contributed by atoms with Gasteiger partial charge in [0.05, 0.1) is 42.1 Å². The lowest BCUT2D eigenvalue weighted by Crippen LogP contribution is -2.64. The number of nitrogens with one attached hydrogen (secondary N) is 1. The summed E-state index contributed by atoms with van der Waals surface area (Å²) >= 11 is 0. The van der Waals surface area contributed by atoms with E-state index >= 15 is 0 Å². The van der Waals surface area contributed by atoms with Crippen LogP contribution in [-0.2, 0) is 6.18 Å². The number of carbonyl (C=O) groups excluding carboxylic acids is 1. The van der Waals surface area contributed by atoms with Crippen LogP contribution in [0.3, 0.4) is 0 Å². The predicted molar refractivity (Wildman–Crippen MR) is 112 cm³/mol. The summed E-state index contributed by atoms with van der Waals surface area (Å²) in [7, 11) is 0. The van der Waals surface area contributed by atoms with Gasteiger partial charge in [0.15, 0.2) is 5.69 Å². The molecular formula is C22H21F4N7O. The van der Waals surface area contributed by atoms with Crippen LogP contribution >= 0.6 is 0 Å². The molecule has 2 atom stereocenters. The van der Waals surface area contributed by atoms with Crippen molar-refractivity contribution in [1.29, 1.82) is 0 Å². The largest absolute Gasteiger partial charge is 0.434 e. The third-order valence-electron chi connectivity index (χ3n) is 6.74. The van der Waals surface area contributed by atoms with Crippen molar-refractivity contribution in [1.82, 2.24) is 29.9 Å². The maximum Gasteiger partial charge on any atom is 0.434 e. The van der Waals surface area contributed by atoms with E-state index in [2.05, 4.69) is 25.5 Å². The molecule has 178 valence electrons. The van der Waals surface area contributed by atoms with Crippen molar-refractivity contribution >= 4 is 11.7 Å². The average Bonchev–Trinajstić information content (AvgIpc) is 3.31. The molecule has 12 heteroatoms. The summed E-state index contributed by atoms with van der Waals surface area (Å²) in [6.45, 7) is 2.32. The van der Waals surface area contributed by atoms with E-state index in [0.717, 1.165) is 19.0 Å². The van der Waals surface area contributed by atoms with Gasteiger partial charge in [-0.25, -0.2) is 14.4 Å². The highest BCUT2D eigenvalue weighted by Crippen LogP contribution is 2.47. The van der Waals surface area contributed by atoms with Crippen molar-refractivity contribution < 1.29 is 22.4 Å². The van der Waals surface area contributed by atoms with Crippen molar-refractivity contribution in [3.8, 4) is 5.69 Å². The van der Waals surface area contributed by atoms with E-state index in [9.17, 15) is 22.4 Å². The Hall–Kier alpha value is -3.57. The molecule has 2 aliphatic heterocycles. The second-order valence-electron chi connectivity index (χ2n) is 8.67. The number of aromatic nitrogens is 5. The minimum absolute atomic E-state index is 0.000822. The topological polar surface area (TPSA) is 88.8 Å². The fourth-order valence-electron chi connectivity index (χ4n) is 4.83. The number of anilines is 1. The second kappa shape index (κ2) is 8.33. The third-order valence-corrected chi connectivity index (χ3v) is 6.74. The lowest BCUT2D eigenvalue weighted by molar-refractivity contribution is -0.141. The molecule has 1 N–H and O–H groups in total. The van der Waals surface area contributed by atoms with Crippen molar-refractivity contribution in [3.63, 3.8) is 0 Å².